The molecule has 2 aromatic rings. The molecule has 1 heteroatoms. The van der Waals surface area contributed by atoms with Crippen LogP contribution in [0, 0.1) is 0 Å². The summed E-state index contributed by atoms with van der Waals surface area (Å²) in [6.07, 6.45) is 4.35. The average molecular weight is 233 g/mol. The number of hydrogen-bond acceptors (Lipinski definition) is 1. The summed E-state index contributed by atoms with van der Waals surface area (Å²) in [7, 11) is 0. The Hall–Kier alpha value is -2.28. The summed E-state index contributed by atoms with van der Waals surface area (Å²) in [5, 5.41) is 3.35. The highest BCUT2D eigenvalue weighted by atomic mass is 14.8. The van der Waals surface area contributed by atoms with Gasteiger partial charge in [0.1, 0.15) is 0 Å². The average Bonchev–Trinajstić information content (AvgIpc) is 2.49. The van der Waals surface area contributed by atoms with Gasteiger partial charge >= 0.3 is 0 Å². The van der Waals surface area contributed by atoms with E-state index in [4.69, 9.17) is 0 Å². The lowest BCUT2D eigenvalue weighted by Gasteiger charge is -2.16. The minimum absolute atomic E-state index is 0.889. The molecule has 1 N–H and O–H groups in total. The summed E-state index contributed by atoms with van der Waals surface area (Å²) in [4.78, 5) is 0. The van der Waals surface area contributed by atoms with Crippen LogP contribution in [0.5, 0.6) is 0 Å². The molecule has 0 spiro atoms. The molecule has 0 aliphatic carbocycles. The monoisotopic (exact) mass is 233 g/mol. The molecule has 0 atom stereocenters. The van der Waals surface area contributed by atoms with Gasteiger partial charge in [-0.1, -0.05) is 60.7 Å². The predicted octanol–water partition coefficient (Wildman–Crippen LogP) is 3.71. The van der Waals surface area contributed by atoms with Crippen LogP contribution in [0.15, 0.2) is 72.9 Å². The third-order valence-corrected chi connectivity index (χ3v) is 3.13. The second kappa shape index (κ2) is 4.92. The summed E-state index contributed by atoms with van der Waals surface area (Å²) in [6, 6.07) is 21.0. The Morgan fingerprint density at radius 3 is 2.00 bits per heavy atom. The standard InChI is InChI=1S/C17H15N/c1-3-7-14(8-4-1)16-11-17(13-18-12-16)15-9-5-2-6-10-15/h1-12,18H,13H2. The highest BCUT2D eigenvalue weighted by Crippen LogP contribution is 2.24. The highest BCUT2D eigenvalue weighted by Gasteiger charge is 2.07. The first-order chi connectivity index (χ1) is 8.93. The SMILES string of the molecule is C1=C(c2ccccc2)C=C(c2ccccc2)CN1. The summed E-state index contributed by atoms with van der Waals surface area (Å²) in [5.74, 6) is 0. The zero-order valence-corrected chi connectivity index (χ0v) is 10.1. The number of allylic oxidation sites excluding steroid dienone is 2. The van der Waals surface area contributed by atoms with Gasteiger partial charge in [-0.15, -0.1) is 0 Å². The summed E-state index contributed by atoms with van der Waals surface area (Å²) in [6.45, 7) is 0.889. The first-order valence-corrected chi connectivity index (χ1v) is 6.18. The van der Waals surface area contributed by atoms with E-state index >= 15 is 0 Å². The molecular formula is C17H15N. The second-order valence-corrected chi connectivity index (χ2v) is 4.38. The van der Waals surface area contributed by atoms with Gasteiger partial charge in [0, 0.05) is 12.7 Å². The zero-order chi connectivity index (χ0) is 12.2. The highest BCUT2D eigenvalue weighted by molar-refractivity contribution is 5.86. The van der Waals surface area contributed by atoms with Gasteiger partial charge in [0.05, 0.1) is 0 Å². The van der Waals surface area contributed by atoms with Gasteiger partial charge in [-0.05, 0) is 28.3 Å². The van der Waals surface area contributed by atoms with E-state index < -0.39 is 0 Å². The van der Waals surface area contributed by atoms with Crippen molar-refractivity contribution in [1.82, 2.24) is 5.32 Å². The van der Waals surface area contributed by atoms with Gasteiger partial charge < -0.3 is 5.32 Å². The predicted molar refractivity (Wildman–Crippen MR) is 76.8 cm³/mol. The van der Waals surface area contributed by atoms with Crippen LogP contribution in [0.1, 0.15) is 11.1 Å². The van der Waals surface area contributed by atoms with Crippen molar-refractivity contribution in [3.05, 3.63) is 84.1 Å². The van der Waals surface area contributed by atoms with E-state index in [0.717, 1.165) is 6.54 Å². The van der Waals surface area contributed by atoms with E-state index in [9.17, 15) is 0 Å². The van der Waals surface area contributed by atoms with Crippen molar-refractivity contribution in [2.24, 2.45) is 0 Å². The lowest BCUT2D eigenvalue weighted by molar-refractivity contribution is 0.990. The van der Waals surface area contributed by atoms with Crippen molar-refractivity contribution in [1.29, 1.82) is 0 Å². The van der Waals surface area contributed by atoms with Crippen molar-refractivity contribution in [2.45, 2.75) is 0 Å². The number of dihydropyridines is 1. The molecule has 1 aliphatic rings. The Morgan fingerprint density at radius 2 is 1.33 bits per heavy atom. The van der Waals surface area contributed by atoms with Gasteiger partial charge in [0.25, 0.3) is 0 Å². The van der Waals surface area contributed by atoms with E-state index in [1.807, 2.05) is 12.1 Å². The minimum Gasteiger partial charge on any atom is -0.386 e. The number of benzene rings is 2. The molecule has 18 heavy (non-hydrogen) atoms. The Bertz CT molecular complexity index is 580. The molecule has 0 unspecified atom stereocenters. The third kappa shape index (κ3) is 2.21. The molecule has 0 amide bonds. The van der Waals surface area contributed by atoms with Crippen LogP contribution in [-0.4, -0.2) is 6.54 Å². The van der Waals surface area contributed by atoms with E-state index in [-0.39, 0.29) is 0 Å². The number of nitrogens with one attached hydrogen (secondary N) is 1. The Labute approximate surface area is 107 Å². The fourth-order valence-electron chi connectivity index (χ4n) is 2.19. The summed E-state index contributed by atoms with van der Waals surface area (Å²) >= 11 is 0. The van der Waals surface area contributed by atoms with E-state index in [1.165, 1.54) is 22.3 Å². The molecule has 1 heterocycles. The Balaban J connectivity index is 1.95. The molecular weight excluding hydrogens is 218 g/mol. The largest absolute Gasteiger partial charge is 0.386 e. The van der Waals surface area contributed by atoms with Gasteiger partial charge in [0.15, 0.2) is 0 Å². The Morgan fingerprint density at radius 1 is 0.722 bits per heavy atom. The third-order valence-electron chi connectivity index (χ3n) is 3.13. The smallest absolute Gasteiger partial charge is 0.0401 e. The molecule has 1 aliphatic heterocycles. The molecule has 0 bridgehead atoms. The van der Waals surface area contributed by atoms with Crippen molar-refractivity contribution in [3.8, 4) is 0 Å². The fraction of sp³-hybridized carbons (Fsp3) is 0.0588. The first-order valence-electron chi connectivity index (χ1n) is 6.18. The van der Waals surface area contributed by atoms with Crippen molar-refractivity contribution >= 4 is 11.1 Å². The lowest BCUT2D eigenvalue weighted by atomic mass is 9.97. The van der Waals surface area contributed by atoms with Crippen molar-refractivity contribution in [3.63, 3.8) is 0 Å². The minimum atomic E-state index is 0.889. The molecule has 3 rings (SSSR count). The van der Waals surface area contributed by atoms with Gasteiger partial charge in [-0.2, -0.15) is 0 Å². The maximum Gasteiger partial charge on any atom is 0.0401 e. The van der Waals surface area contributed by atoms with Crippen LogP contribution in [-0.2, 0) is 0 Å². The van der Waals surface area contributed by atoms with E-state index in [2.05, 4.69) is 66.1 Å². The van der Waals surface area contributed by atoms with Crippen molar-refractivity contribution in [2.75, 3.05) is 6.54 Å². The summed E-state index contributed by atoms with van der Waals surface area (Å²) in [5.41, 5.74) is 5.10. The van der Waals surface area contributed by atoms with Gasteiger partial charge in [-0.3, -0.25) is 0 Å². The zero-order valence-electron chi connectivity index (χ0n) is 10.1. The van der Waals surface area contributed by atoms with Crippen molar-refractivity contribution < 1.29 is 0 Å². The maximum absolute atomic E-state index is 3.35. The van der Waals surface area contributed by atoms with Crippen LogP contribution in [0.25, 0.3) is 11.1 Å². The quantitative estimate of drug-likeness (QED) is 0.833. The van der Waals surface area contributed by atoms with Gasteiger partial charge in [0.2, 0.25) is 0 Å². The molecule has 1 nitrogen and oxygen atoms in total. The van der Waals surface area contributed by atoms with E-state index in [1.54, 1.807) is 0 Å². The topological polar surface area (TPSA) is 12.0 Å². The molecule has 0 saturated heterocycles. The number of hydrogen-bond donors (Lipinski definition) is 1. The van der Waals surface area contributed by atoms with Crippen LogP contribution < -0.4 is 5.32 Å². The van der Waals surface area contributed by atoms with Crippen LogP contribution in [0.4, 0.5) is 0 Å². The Kier molecular flexibility index (Phi) is 2.97. The second-order valence-electron chi connectivity index (χ2n) is 4.38. The van der Waals surface area contributed by atoms with Crippen LogP contribution in [0.2, 0.25) is 0 Å². The molecule has 0 fully saturated rings. The van der Waals surface area contributed by atoms with Crippen LogP contribution in [0.3, 0.4) is 0 Å². The number of rotatable bonds is 2. The molecule has 0 saturated carbocycles. The fourth-order valence-corrected chi connectivity index (χ4v) is 2.19. The van der Waals surface area contributed by atoms with E-state index in [0.29, 0.717) is 0 Å². The lowest BCUT2D eigenvalue weighted by Crippen LogP contribution is -2.13. The molecule has 0 aromatic heterocycles. The first kappa shape index (κ1) is 10.8. The van der Waals surface area contributed by atoms with Gasteiger partial charge in [-0.25, -0.2) is 0 Å². The molecule has 0 radical (unpaired) electrons. The maximum atomic E-state index is 3.35. The summed E-state index contributed by atoms with van der Waals surface area (Å²) < 4.78 is 0. The molecule has 88 valence electrons. The normalized spacial score (nSPS) is 14.4. The molecule has 2 aromatic carbocycles. The van der Waals surface area contributed by atoms with Crippen LogP contribution >= 0.6 is 0 Å².